The largest absolute Gasteiger partial charge is 0.455 e. The maximum atomic E-state index is 13.3. The van der Waals surface area contributed by atoms with Crippen LogP contribution in [-0.2, 0) is 0 Å². The first-order valence-electron chi connectivity index (χ1n) is 17.4. The van der Waals surface area contributed by atoms with E-state index >= 15 is 0 Å². The molecular weight excluding hydrogens is 658 g/mol. The van der Waals surface area contributed by atoms with Crippen LogP contribution in [0.2, 0.25) is 0 Å². The van der Waals surface area contributed by atoms with Crippen LogP contribution in [0, 0.1) is 0 Å². The number of halogens is 3. The molecular formula is C45H35F3N2O2. The van der Waals surface area contributed by atoms with Crippen LogP contribution in [-0.4, -0.2) is 21.5 Å². The smallest absolute Gasteiger partial charge is 0.454 e. The molecule has 0 radical (unpaired) electrons. The zero-order valence-corrected chi connectivity index (χ0v) is 29.1. The molecule has 0 atom stereocenters. The van der Waals surface area contributed by atoms with E-state index in [-0.39, 0.29) is 17.4 Å². The van der Waals surface area contributed by atoms with Crippen molar-refractivity contribution in [3.8, 4) is 39.3 Å². The summed E-state index contributed by atoms with van der Waals surface area (Å²) < 4.78 is 48.5. The zero-order valence-electron chi connectivity index (χ0n) is 29.1. The summed E-state index contributed by atoms with van der Waals surface area (Å²) in [6.07, 6.45) is -4.99. The highest BCUT2D eigenvalue weighted by Crippen LogP contribution is 2.43. The topological polar surface area (TPSA) is 48.0 Å². The molecule has 8 aromatic rings. The number of carbonyl (C=O) groups is 1. The van der Waals surface area contributed by atoms with Crippen LogP contribution < -0.4 is 0 Å². The summed E-state index contributed by atoms with van der Waals surface area (Å²) in [6, 6.07) is 41.2. The molecule has 258 valence electrons. The van der Waals surface area contributed by atoms with Crippen LogP contribution in [0.4, 0.5) is 13.2 Å². The molecule has 0 amide bonds. The molecule has 0 aliphatic heterocycles. The quantitative estimate of drug-likeness (QED) is 0.156. The summed E-state index contributed by atoms with van der Waals surface area (Å²) in [5.74, 6) is -0.954. The molecule has 0 aliphatic carbocycles. The van der Waals surface area contributed by atoms with E-state index in [0.717, 1.165) is 49.9 Å². The maximum Gasteiger partial charge on any atom is 0.454 e. The molecule has 4 nitrogen and oxygen atoms in total. The molecule has 52 heavy (non-hydrogen) atoms. The molecule has 2 aromatic heterocycles. The fourth-order valence-electron chi connectivity index (χ4n) is 7.18. The first-order chi connectivity index (χ1) is 25.0. The van der Waals surface area contributed by atoms with E-state index in [2.05, 4.69) is 86.9 Å². The Morgan fingerprint density at radius 2 is 1.27 bits per heavy atom. The molecule has 0 spiro atoms. The van der Waals surface area contributed by atoms with Gasteiger partial charge in [0, 0.05) is 16.3 Å². The molecule has 0 N–H and O–H groups in total. The monoisotopic (exact) mass is 692 g/mol. The van der Waals surface area contributed by atoms with Gasteiger partial charge in [-0.15, -0.1) is 0 Å². The van der Waals surface area contributed by atoms with E-state index < -0.39 is 17.5 Å². The molecule has 0 saturated heterocycles. The second-order valence-electron chi connectivity index (χ2n) is 13.8. The summed E-state index contributed by atoms with van der Waals surface area (Å²) in [4.78, 5) is 17.3. The number of nitrogens with zero attached hydrogens (tertiary/aromatic N) is 2. The number of benzene rings is 6. The third-order valence-corrected chi connectivity index (χ3v) is 9.78. The molecule has 6 aromatic carbocycles. The fraction of sp³-hybridized carbons (Fsp3) is 0.156. The fourth-order valence-corrected chi connectivity index (χ4v) is 7.18. The Hall–Kier alpha value is -5.95. The number of hydrogen-bond acceptors (Lipinski definition) is 3. The predicted octanol–water partition coefficient (Wildman–Crippen LogP) is 12.9. The Bertz CT molecular complexity index is 2600. The summed E-state index contributed by atoms with van der Waals surface area (Å²) >= 11 is 0. The molecule has 0 unspecified atom stereocenters. The van der Waals surface area contributed by atoms with Crippen molar-refractivity contribution < 1.29 is 22.4 Å². The minimum Gasteiger partial charge on any atom is -0.455 e. The highest BCUT2D eigenvalue weighted by Gasteiger charge is 2.39. The van der Waals surface area contributed by atoms with Gasteiger partial charge in [-0.3, -0.25) is 9.36 Å². The van der Waals surface area contributed by atoms with E-state index in [9.17, 15) is 18.0 Å². The van der Waals surface area contributed by atoms with Gasteiger partial charge in [0.05, 0.1) is 22.3 Å². The number of hydrogen-bond donors (Lipinski definition) is 0. The van der Waals surface area contributed by atoms with Crippen molar-refractivity contribution in [3.05, 3.63) is 144 Å². The van der Waals surface area contributed by atoms with Crippen molar-refractivity contribution in [2.45, 2.75) is 45.7 Å². The van der Waals surface area contributed by atoms with Crippen LogP contribution in [0.25, 0.3) is 72.3 Å². The standard InChI is InChI=1S/C45H35F3N2O2/c1-26(2)36-23-32(30-19-17-29(18-20-30)28-11-6-5-7-12-28)24-37(27(3)4)41(36)50-39-16-9-8-15-38(39)49-44(50)35-14-10-13-34-33-22-21-31(43(51)45(46,47)48)25-40(33)52-42(34)35/h5-27H,1-4H3. The Balaban J connectivity index is 1.35. The summed E-state index contributed by atoms with van der Waals surface area (Å²) in [7, 11) is 0. The van der Waals surface area contributed by atoms with Gasteiger partial charge in [0.25, 0.3) is 5.78 Å². The number of fused-ring (bicyclic) bond motifs is 4. The van der Waals surface area contributed by atoms with Crippen molar-refractivity contribution in [1.82, 2.24) is 9.55 Å². The van der Waals surface area contributed by atoms with Crippen molar-refractivity contribution in [2.75, 3.05) is 0 Å². The molecule has 8 rings (SSSR count). The minimum absolute atomic E-state index is 0.150. The Morgan fingerprint density at radius 3 is 1.92 bits per heavy atom. The van der Waals surface area contributed by atoms with E-state index in [4.69, 9.17) is 9.40 Å². The third-order valence-electron chi connectivity index (χ3n) is 9.78. The number of para-hydroxylation sites is 3. The number of imidazole rings is 1. The van der Waals surface area contributed by atoms with Crippen molar-refractivity contribution in [1.29, 1.82) is 0 Å². The number of alkyl halides is 3. The SMILES string of the molecule is CC(C)c1cc(-c2ccc(-c3ccccc3)cc2)cc(C(C)C)c1-n1c(-c2cccc3c2oc2cc(C(=O)C(F)(F)F)ccc23)nc2ccccc21. The second kappa shape index (κ2) is 12.7. The third kappa shape index (κ3) is 5.66. The molecule has 7 heteroatoms. The highest BCUT2D eigenvalue weighted by molar-refractivity contribution is 6.12. The first kappa shape index (κ1) is 33.2. The van der Waals surface area contributed by atoms with E-state index in [1.807, 2.05) is 54.6 Å². The lowest BCUT2D eigenvalue weighted by Crippen LogP contribution is -2.22. The number of furan rings is 1. The van der Waals surface area contributed by atoms with Crippen LogP contribution in [0.15, 0.2) is 132 Å². The normalized spacial score (nSPS) is 12.2. The molecule has 2 heterocycles. The number of rotatable bonds is 7. The van der Waals surface area contributed by atoms with Crippen molar-refractivity contribution in [2.24, 2.45) is 0 Å². The average Bonchev–Trinajstić information content (AvgIpc) is 3.72. The molecule has 0 saturated carbocycles. The van der Waals surface area contributed by atoms with Crippen molar-refractivity contribution >= 4 is 38.8 Å². The zero-order chi connectivity index (χ0) is 36.3. The van der Waals surface area contributed by atoms with Crippen LogP contribution in [0.1, 0.15) is 61.0 Å². The van der Waals surface area contributed by atoms with Gasteiger partial charge >= 0.3 is 6.18 Å². The van der Waals surface area contributed by atoms with E-state index in [1.54, 1.807) is 0 Å². The van der Waals surface area contributed by atoms with Gasteiger partial charge in [-0.25, -0.2) is 4.98 Å². The molecule has 0 bridgehead atoms. The van der Waals surface area contributed by atoms with E-state index in [0.29, 0.717) is 22.4 Å². The van der Waals surface area contributed by atoms with Gasteiger partial charge in [0.1, 0.15) is 17.0 Å². The van der Waals surface area contributed by atoms with Gasteiger partial charge in [-0.1, -0.05) is 113 Å². The minimum atomic E-state index is -4.99. The van der Waals surface area contributed by atoms with E-state index in [1.165, 1.54) is 23.8 Å². The van der Waals surface area contributed by atoms with Crippen LogP contribution >= 0.6 is 0 Å². The molecule has 0 aliphatic rings. The summed E-state index contributed by atoms with van der Waals surface area (Å²) in [5, 5.41) is 1.34. The van der Waals surface area contributed by atoms with Crippen molar-refractivity contribution in [3.63, 3.8) is 0 Å². The van der Waals surface area contributed by atoms with Crippen LogP contribution in [0.5, 0.6) is 0 Å². The van der Waals surface area contributed by atoms with Gasteiger partial charge in [0.2, 0.25) is 0 Å². The predicted molar refractivity (Wildman–Crippen MR) is 203 cm³/mol. The van der Waals surface area contributed by atoms with Gasteiger partial charge in [-0.05, 0) is 87.7 Å². The average molecular weight is 693 g/mol. The maximum absolute atomic E-state index is 13.3. The second-order valence-corrected chi connectivity index (χ2v) is 13.8. The van der Waals surface area contributed by atoms with Gasteiger partial charge in [0.15, 0.2) is 0 Å². The lowest BCUT2D eigenvalue weighted by atomic mass is 9.87. The number of Topliss-reactive ketones (excluding diaryl/α,β-unsaturated/α-hetero) is 1. The number of ketones is 1. The molecule has 0 fully saturated rings. The Morgan fingerprint density at radius 1 is 0.654 bits per heavy atom. The first-order valence-corrected chi connectivity index (χ1v) is 17.4. The summed E-state index contributed by atoms with van der Waals surface area (Å²) in [5.41, 5.74) is 10.6. The lowest BCUT2D eigenvalue weighted by molar-refractivity contribution is -0.0885. The lowest BCUT2D eigenvalue weighted by Gasteiger charge is -2.24. The summed E-state index contributed by atoms with van der Waals surface area (Å²) in [6.45, 7) is 8.79. The Kier molecular flexibility index (Phi) is 8.09. The highest BCUT2D eigenvalue weighted by atomic mass is 19.4. The van der Waals surface area contributed by atoms with Gasteiger partial charge in [-0.2, -0.15) is 13.2 Å². The van der Waals surface area contributed by atoms with Crippen LogP contribution in [0.3, 0.4) is 0 Å². The van der Waals surface area contributed by atoms with Gasteiger partial charge < -0.3 is 4.42 Å². The Labute approximate surface area is 299 Å². The number of carbonyl (C=O) groups excluding carboxylic acids is 1. The number of aromatic nitrogens is 2.